The van der Waals surface area contributed by atoms with Crippen molar-refractivity contribution in [1.82, 2.24) is 20.4 Å². The van der Waals surface area contributed by atoms with Gasteiger partial charge in [0, 0.05) is 30.8 Å². The Labute approximate surface area is 145 Å². The van der Waals surface area contributed by atoms with Crippen LogP contribution >= 0.6 is 0 Å². The monoisotopic (exact) mass is 344 g/mol. The van der Waals surface area contributed by atoms with Gasteiger partial charge in [-0.3, -0.25) is 5.10 Å². The smallest absolute Gasteiger partial charge is 0.317 e. The van der Waals surface area contributed by atoms with Gasteiger partial charge in [-0.25, -0.2) is 9.18 Å². The first-order valence-electron chi connectivity index (χ1n) is 8.66. The molecule has 25 heavy (non-hydrogen) atoms. The summed E-state index contributed by atoms with van der Waals surface area (Å²) >= 11 is 0. The Kier molecular flexibility index (Phi) is 4.29. The molecule has 0 saturated carbocycles. The molecule has 4 rings (SSSR count). The fourth-order valence-electron chi connectivity index (χ4n) is 3.55. The topological polar surface area (TPSA) is 70.2 Å². The van der Waals surface area contributed by atoms with E-state index in [9.17, 15) is 9.18 Å². The van der Waals surface area contributed by atoms with Gasteiger partial charge in [0.05, 0.1) is 12.7 Å². The first-order chi connectivity index (χ1) is 12.2. The molecule has 2 unspecified atom stereocenters. The number of halogens is 1. The summed E-state index contributed by atoms with van der Waals surface area (Å²) in [5.41, 5.74) is 2.36. The molecular formula is C18H21FN4O2. The third-order valence-electron chi connectivity index (χ3n) is 4.88. The minimum Gasteiger partial charge on any atom is -0.488 e. The Morgan fingerprint density at radius 2 is 2.32 bits per heavy atom. The van der Waals surface area contributed by atoms with Crippen LogP contribution in [-0.2, 0) is 12.8 Å². The summed E-state index contributed by atoms with van der Waals surface area (Å²) in [4.78, 5) is 14.3. The summed E-state index contributed by atoms with van der Waals surface area (Å²) in [5, 5.41) is 10.2. The molecule has 2 aromatic rings. The second-order valence-electron chi connectivity index (χ2n) is 6.69. The molecule has 1 saturated heterocycles. The van der Waals surface area contributed by atoms with Crippen molar-refractivity contribution >= 4 is 6.03 Å². The summed E-state index contributed by atoms with van der Waals surface area (Å²) in [6, 6.07) is 6.20. The van der Waals surface area contributed by atoms with E-state index in [4.69, 9.17) is 4.74 Å². The van der Waals surface area contributed by atoms with E-state index in [1.807, 2.05) is 6.20 Å². The van der Waals surface area contributed by atoms with Gasteiger partial charge in [-0.2, -0.15) is 5.10 Å². The lowest BCUT2D eigenvalue weighted by atomic mass is 9.94. The van der Waals surface area contributed by atoms with Gasteiger partial charge in [0.1, 0.15) is 17.7 Å². The average molecular weight is 344 g/mol. The second-order valence-corrected chi connectivity index (χ2v) is 6.69. The highest BCUT2D eigenvalue weighted by Crippen LogP contribution is 2.21. The van der Waals surface area contributed by atoms with Gasteiger partial charge >= 0.3 is 6.03 Å². The highest BCUT2D eigenvalue weighted by atomic mass is 19.1. The number of rotatable bonds is 3. The molecule has 7 heteroatoms. The number of amides is 2. The molecule has 2 heterocycles. The first kappa shape index (κ1) is 15.9. The third kappa shape index (κ3) is 3.60. The lowest BCUT2D eigenvalue weighted by Gasteiger charge is -2.26. The fraction of sp³-hybridized carbons (Fsp3) is 0.444. The lowest BCUT2D eigenvalue weighted by molar-refractivity contribution is 0.183. The molecule has 2 N–H and O–H groups in total. The molecule has 2 atom stereocenters. The Morgan fingerprint density at radius 1 is 1.40 bits per heavy atom. The first-order valence-corrected chi connectivity index (χ1v) is 8.66. The van der Waals surface area contributed by atoms with Crippen LogP contribution in [0, 0.1) is 5.82 Å². The van der Waals surface area contributed by atoms with E-state index in [0.29, 0.717) is 18.8 Å². The number of nitrogens with zero attached hydrogens (tertiary/aromatic N) is 2. The van der Waals surface area contributed by atoms with Gasteiger partial charge in [0.25, 0.3) is 0 Å². The molecule has 2 amide bonds. The molecule has 132 valence electrons. The molecular weight excluding hydrogens is 323 g/mol. The molecule has 1 aliphatic heterocycles. The standard InChI is InChI=1S/C18H21FN4O2/c19-13-2-1-3-15(9-13)25-16-6-7-23(11-16)18(24)21-14-4-5-17-12(8-14)10-20-22-17/h1-3,9-10,14,16H,4-8,11H2,(H,20,22)(H,21,24). The third-order valence-corrected chi connectivity index (χ3v) is 4.88. The number of hydrogen-bond donors (Lipinski definition) is 2. The van der Waals surface area contributed by atoms with Crippen LogP contribution in [0.2, 0.25) is 0 Å². The Bertz CT molecular complexity index is 763. The molecule has 1 aromatic carbocycles. The van der Waals surface area contributed by atoms with E-state index >= 15 is 0 Å². The minimum absolute atomic E-state index is 0.0534. The van der Waals surface area contributed by atoms with Gasteiger partial charge in [-0.1, -0.05) is 6.07 Å². The zero-order chi connectivity index (χ0) is 17.2. The van der Waals surface area contributed by atoms with Crippen LogP contribution in [0.1, 0.15) is 24.1 Å². The van der Waals surface area contributed by atoms with Crippen molar-refractivity contribution < 1.29 is 13.9 Å². The van der Waals surface area contributed by atoms with Crippen LogP contribution in [0.5, 0.6) is 5.75 Å². The summed E-state index contributed by atoms with van der Waals surface area (Å²) in [6.07, 6.45) is 5.13. The van der Waals surface area contributed by atoms with E-state index < -0.39 is 0 Å². The summed E-state index contributed by atoms with van der Waals surface area (Å²) in [5.74, 6) is 0.188. The van der Waals surface area contributed by atoms with Crippen molar-refractivity contribution in [2.45, 2.75) is 37.8 Å². The number of H-pyrrole nitrogens is 1. The van der Waals surface area contributed by atoms with Crippen molar-refractivity contribution in [3.63, 3.8) is 0 Å². The maximum atomic E-state index is 13.2. The number of hydrogen-bond acceptors (Lipinski definition) is 3. The van der Waals surface area contributed by atoms with Gasteiger partial charge in [-0.15, -0.1) is 0 Å². The Balaban J connectivity index is 1.29. The number of urea groups is 1. The van der Waals surface area contributed by atoms with E-state index in [1.54, 1.807) is 17.0 Å². The normalized spacial score (nSPS) is 22.5. The molecule has 0 radical (unpaired) electrons. The number of carbonyl (C=O) groups is 1. The fourth-order valence-corrected chi connectivity index (χ4v) is 3.55. The van der Waals surface area contributed by atoms with Crippen LogP contribution in [0.25, 0.3) is 0 Å². The number of likely N-dealkylation sites (tertiary alicyclic amines) is 1. The zero-order valence-electron chi connectivity index (χ0n) is 13.9. The highest BCUT2D eigenvalue weighted by Gasteiger charge is 2.30. The van der Waals surface area contributed by atoms with Crippen LogP contribution in [0.15, 0.2) is 30.5 Å². The lowest BCUT2D eigenvalue weighted by Crippen LogP contribution is -2.46. The maximum Gasteiger partial charge on any atom is 0.317 e. The van der Waals surface area contributed by atoms with E-state index in [1.165, 1.54) is 23.4 Å². The highest BCUT2D eigenvalue weighted by molar-refractivity contribution is 5.75. The SMILES string of the molecule is O=C(NC1CCc2[nH]ncc2C1)N1CCC(Oc2cccc(F)c2)C1. The maximum absolute atomic E-state index is 13.2. The van der Waals surface area contributed by atoms with Crippen LogP contribution < -0.4 is 10.1 Å². The minimum atomic E-state index is -0.319. The van der Waals surface area contributed by atoms with Crippen molar-refractivity contribution in [1.29, 1.82) is 0 Å². The van der Waals surface area contributed by atoms with E-state index in [-0.39, 0.29) is 24.0 Å². The predicted octanol–water partition coefficient (Wildman–Crippen LogP) is 2.27. The Morgan fingerprint density at radius 3 is 3.20 bits per heavy atom. The molecule has 0 bridgehead atoms. The van der Waals surface area contributed by atoms with Gasteiger partial charge in [-0.05, 0) is 37.0 Å². The van der Waals surface area contributed by atoms with Crippen molar-refractivity contribution in [2.24, 2.45) is 0 Å². The predicted molar refractivity (Wildman–Crippen MR) is 89.9 cm³/mol. The number of benzene rings is 1. The van der Waals surface area contributed by atoms with E-state index in [0.717, 1.165) is 25.7 Å². The molecule has 2 aliphatic rings. The number of aryl methyl sites for hydroxylation is 1. The van der Waals surface area contributed by atoms with Crippen molar-refractivity contribution in [3.8, 4) is 5.75 Å². The van der Waals surface area contributed by atoms with Crippen LogP contribution in [-0.4, -0.2) is 46.4 Å². The largest absolute Gasteiger partial charge is 0.488 e. The number of fused-ring (bicyclic) bond motifs is 1. The van der Waals surface area contributed by atoms with Gasteiger partial charge in [0.15, 0.2) is 0 Å². The second kappa shape index (κ2) is 6.74. The van der Waals surface area contributed by atoms with Crippen LogP contribution in [0.4, 0.5) is 9.18 Å². The van der Waals surface area contributed by atoms with Crippen LogP contribution in [0.3, 0.4) is 0 Å². The number of aromatic nitrogens is 2. The quantitative estimate of drug-likeness (QED) is 0.897. The number of ether oxygens (including phenoxy) is 1. The zero-order valence-corrected chi connectivity index (χ0v) is 13.9. The molecule has 1 aromatic heterocycles. The van der Waals surface area contributed by atoms with Gasteiger partial charge in [0.2, 0.25) is 0 Å². The number of aromatic amines is 1. The molecule has 0 spiro atoms. The molecule has 1 aliphatic carbocycles. The molecule has 6 nitrogen and oxygen atoms in total. The summed E-state index contributed by atoms with van der Waals surface area (Å²) in [6.45, 7) is 1.17. The average Bonchev–Trinajstić information content (AvgIpc) is 3.23. The summed E-state index contributed by atoms with van der Waals surface area (Å²) < 4.78 is 19.0. The molecule has 1 fully saturated rings. The number of nitrogens with one attached hydrogen (secondary N) is 2. The number of carbonyl (C=O) groups excluding carboxylic acids is 1. The van der Waals surface area contributed by atoms with Crippen molar-refractivity contribution in [2.75, 3.05) is 13.1 Å². The van der Waals surface area contributed by atoms with E-state index in [2.05, 4.69) is 15.5 Å². The van der Waals surface area contributed by atoms with Crippen molar-refractivity contribution in [3.05, 3.63) is 47.5 Å². The van der Waals surface area contributed by atoms with Gasteiger partial charge < -0.3 is 15.0 Å². The summed E-state index contributed by atoms with van der Waals surface area (Å²) in [7, 11) is 0. The Hall–Kier alpha value is -2.57.